The summed E-state index contributed by atoms with van der Waals surface area (Å²) in [5, 5.41) is 0. The van der Waals surface area contributed by atoms with Crippen molar-refractivity contribution in [2.75, 3.05) is 13.2 Å². The molecule has 5 heteroatoms. The molecule has 0 bridgehead atoms. The molecule has 1 heterocycles. The van der Waals surface area contributed by atoms with E-state index in [-0.39, 0.29) is 19.2 Å². The van der Waals surface area contributed by atoms with E-state index in [9.17, 15) is 9.59 Å². The third-order valence-electron chi connectivity index (χ3n) is 3.31. The van der Waals surface area contributed by atoms with E-state index in [4.69, 9.17) is 9.47 Å². The molecule has 1 aliphatic heterocycles. The van der Waals surface area contributed by atoms with Crippen molar-refractivity contribution in [3.8, 4) is 0 Å². The zero-order valence-corrected chi connectivity index (χ0v) is 11.9. The zero-order chi connectivity index (χ0) is 15.1. The van der Waals surface area contributed by atoms with Crippen LogP contribution in [0, 0.1) is 0 Å². The van der Waals surface area contributed by atoms with E-state index in [0.717, 1.165) is 12.0 Å². The topological polar surface area (TPSA) is 55.8 Å². The van der Waals surface area contributed by atoms with Gasteiger partial charge >= 0.3 is 12.1 Å². The molecule has 0 aliphatic carbocycles. The van der Waals surface area contributed by atoms with Crippen molar-refractivity contribution in [1.29, 1.82) is 0 Å². The highest BCUT2D eigenvalue weighted by atomic mass is 16.6. The van der Waals surface area contributed by atoms with Gasteiger partial charge in [-0.2, -0.15) is 0 Å². The molecule has 0 radical (unpaired) electrons. The predicted molar refractivity (Wildman–Crippen MR) is 77.5 cm³/mol. The number of amides is 1. The number of hydrogen-bond donors (Lipinski definition) is 0. The predicted octanol–water partition coefficient (Wildman–Crippen LogP) is 2.52. The first-order chi connectivity index (χ1) is 10.2. The number of rotatable bonds is 5. The summed E-state index contributed by atoms with van der Waals surface area (Å²) in [7, 11) is 0. The van der Waals surface area contributed by atoms with Crippen molar-refractivity contribution in [3.63, 3.8) is 0 Å². The minimum atomic E-state index is -0.550. The fourth-order valence-corrected chi connectivity index (χ4v) is 2.27. The van der Waals surface area contributed by atoms with Gasteiger partial charge in [-0.3, -0.25) is 4.90 Å². The van der Waals surface area contributed by atoms with Crippen LogP contribution in [0.4, 0.5) is 4.79 Å². The van der Waals surface area contributed by atoms with Gasteiger partial charge < -0.3 is 9.47 Å². The van der Waals surface area contributed by atoms with Crippen LogP contribution in [0.5, 0.6) is 0 Å². The van der Waals surface area contributed by atoms with Crippen molar-refractivity contribution in [2.24, 2.45) is 0 Å². The second-order valence-corrected chi connectivity index (χ2v) is 4.81. The van der Waals surface area contributed by atoms with Gasteiger partial charge in [-0.1, -0.05) is 43.0 Å². The van der Waals surface area contributed by atoms with Crippen LogP contribution >= 0.6 is 0 Å². The molecular weight excluding hydrogens is 270 g/mol. The first-order valence-corrected chi connectivity index (χ1v) is 6.97. The van der Waals surface area contributed by atoms with Crippen LogP contribution in [-0.4, -0.2) is 36.2 Å². The van der Waals surface area contributed by atoms with Gasteiger partial charge in [-0.15, -0.1) is 0 Å². The largest absolute Gasteiger partial charge is 0.459 e. The van der Waals surface area contributed by atoms with Crippen LogP contribution in [0.3, 0.4) is 0 Å². The Balaban J connectivity index is 1.88. The first kappa shape index (κ1) is 15.1. The molecule has 1 aromatic carbocycles. The third kappa shape index (κ3) is 4.08. The second kappa shape index (κ2) is 7.47. The fourth-order valence-electron chi connectivity index (χ4n) is 2.27. The van der Waals surface area contributed by atoms with Crippen LogP contribution in [0.1, 0.15) is 18.4 Å². The lowest BCUT2D eigenvalue weighted by Crippen LogP contribution is -2.41. The Labute approximate surface area is 124 Å². The molecule has 1 atom stereocenters. The van der Waals surface area contributed by atoms with Crippen LogP contribution in [0.15, 0.2) is 43.0 Å². The van der Waals surface area contributed by atoms with Gasteiger partial charge in [0, 0.05) is 6.54 Å². The van der Waals surface area contributed by atoms with E-state index < -0.39 is 12.1 Å². The molecule has 1 fully saturated rings. The summed E-state index contributed by atoms with van der Waals surface area (Å²) in [6.45, 7) is 4.36. The van der Waals surface area contributed by atoms with E-state index in [1.807, 2.05) is 30.3 Å². The van der Waals surface area contributed by atoms with Gasteiger partial charge in [-0.25, -0.2) is 9.59 Å². The van der Waals surface area contributed by atoms with Crippen LogP contribution < -0.4 is 0 Å². The molecule has 0 saturated carbocycles. The summed E-state index contributed by atoms with van der Waals surface area (Å²) in [6, 6.07) is 8.90. The average molecular weight is 289 g/mol. The summed E-state index contributed by atoms with van der Waals surface area (Å²) in [5.74, 6) is -0.382. The van der Waals surface area contributed by atoms with Gasteiger partial charge in [0.15, 0.2) is 0 Å². The Kier molecular flexibility index (Phi) is 5.37. The number of likely N-dealkylation sites (tertiary alicyclic amines) is 1. The Morgan fingerprint density at radius 3 is 2.76 bits per heavy atom. The van der Waals surface area contributed by atoms with Crippen molar-refractivity contribution in [3.05, 3.63) is 48.6 Å². The number of esters is 1. The van der Waals surface area contributed by atoms with Gasteiger partial charge in [-0.05, 0) is 18.4 Å². The Bertz CT molecular complexity index is 500. The second-order valence-electron chi connectivity index (χ2n) is 4.81. The maximum Gasteiger partial charge on any atom is 0.410 e. The summed E-state index contributed by atoms with van der Waals surface area (Å²) < 4.78 is 10.3. The molecule has 1 amide bonds. The lowest BCUT2D eigenvalue weighted by atomic mass is 10.2. The van der Waals surface area contributed by atoms with E-state index in [0.29, 0.717) is 13.0 Å². The van der Waals surface area contributed by atoms with Crippen LogP contribution in [0.2, 0.25) is 0 Å². The number of benzene rings is 1. The molecule has 0 spiro atoms. The number of carbonyl (C=O) groups is 2. The molecule has 5 nitrogen and oxygen atoms in total. The standard InChI is InChI=1S/C16H19NO4/c1-2-11-20-16(19)17-10-6-9-14(17)15(18)21-12-13-7-4-3-5-8-13/h2-5,7-8,14H,1,6,9-12H2/t14-/m0/s1. The summed E-state index contributed by atoms with van der Waals surface area (Å²) >= 11 is 0. The molecule has 1 saturated heterocycles. The quantitative estimate of drug-likeness (QED) is 0.617. The number of ether oxygens (including phenoxy) is 2. The highest BCUT2D eigenvalue weighted by Gasteiger charge is 2.36. The van der Waals surface area contributed by atoms with Crippen LogP contribution in [0.25, 0.3) is 0 Å². The molecule has 1 aliphatic rings. The van der Waals surface area contributed by atoms with Crippen molar-refractivity contribution < 1.29 is 19.1 Å². The monoisotopic (exact) mass is 289 g/mol. The third-order valence-corrected chi connectivity index (χ3v) is 3.31. The smallest absolute Gasteiger partial charge is 0.410 e. The zero-order valence-electron chi connectivity index (χ0n) is 11.9. The number of nitrogens with zero attached hydrogens (tertiary/aromatic N) is 1. The highest BCUT2D eigenvalue weighted by Crippen LogP contribution is 2.20. The number of hydrogen-bond acceptors (Lipinski definition) is 4. The maximum atomic E-state index is 12.1. The SMILES string of the molecule is C=CCOC(=O)N1CCC[C@H]1C(=O)OCc1ccccc1. The van der Waals surface area contributed by atoms with E-state index in [1.54, 1.807) is 0 Å². The highest BCUT2D eigenvalue weighted by molar-refractivity contribution is 5.82. The van der Waals surface area contributed by atoms with Gasteiger partial charge in [0.2, 0.25) is 0 Å². The van der Waals surface area contributed by atoms with Crippen molar-refractivity contribution in [1.82, 2.24) is 4.90 Å². The minimum Gasteiger partial charge on any atom is -0.459 e. The summed E-state index contributed by atoms with van der Waals surface area (Å²) in [5.41, 5.74) is 0.921. The lowest BCUT2D eigenvalue weighted by Gasteiger charge is -2.22. The minimum absolute atomic E-state index is 0.140. The maximum absolute atomic E-state index is 12.1. The lowest BCUT2D eigenvalue weighted by molar-refractivity contribution is -0.149. The Morgan fingerprint density at radius 1 is 1.29 bits per heavy atom. The molecule has 2 rings (SSSR count). The van der Waals surface area contributed by atoms with E-state index in [2.05, 4.69) is 6.58 Å². The molecule has 112 valence electrons. The fraction of sp³-hybridized carbons (Fsp3) is 0.375. The van der Waals surface area contributed by atoms with Crippen LogP contribution in [-0.2, 0) is 20.9 Å². The Morgan fingerprint density at radius 2 is 2.05 bits per heavy atom. The molecular formula is C16H19NO4. The average Bonchev–Trinajstić information content (AvgIpc) is 3.01. The number of carbonyl (C=O) groups excluding carboxylic acids is 2. The normalized spacial score (nSPS) is 17.3. The van der Waals surface area contributed by atoms with Crippen molar-refractivity contribution in [2.45, 2.75) is 25.5 Å². The van der Waals surface area contributed by atoms with Gasteiger partial charge in [0.1, 0.15) is 19.3 Å². The van der Waals surface area contributed by atoms with E-state index >= 15 is 0 Å². The van der Waals surface area contributed by atoms with Gasteiger partial charge in [0.25, 0.3) is 0 Å². The molecule has 0 aromatic heterocycles. The molecule has 0 N–H and O–H groups in total. The summed E-state index contributed by atoms with van der Waals surface area (Å²) in [4.78, 5) is 25.4. The molecule has 0 unspecified atom stereocenters. The molecule has 21 heavy (non-hydrogen) atoms. The molecule has 1 aromatic rings. The first-order valence-electron chi connectivity index (χ1n) is 6.97. The Hall–Kier alpha value is -2.30. The van der Waals surface area contributed by atoms with Crippen molar-refractivity contribution >= 4 is 12.1 Å². The van der Waals surface area contributed by atoms with Gasteiger partial charge in [0.05, 0.1) is 0 Å². The summed E-state index contributed by atoms with van der Waals surface area (Å²) in [6.07, 6.45) is 2.39. The van der Waals surface area contributed by atoms with E-state index in [1.165, 1.54) is 11.0 Å².